The molecule has 0 amide bonds. The van der Waals surface area contributed by atoms with Gasteiger partial charge in [0, 0.05) is 11.3 Å². The van der Waals surface area contributed by atoms with Gasteiger partial charge < -0.3 is 15.2 Å². The smallest absolute Gasteiger partial charge is 0.231 e. The molecule has 0 saturated heterocycles. The van der Waals surface area contributed by atoms with Crippen LogP contribution < -0.4 is 15.2 Å². The van der Waals surface area contributed by atoms with Gasteiger partial charge in [-0.25, -0.2) is 4.98 Å². The molecule has 2 N–H and O–H groups in total. The molecule has 0 radical (unpaired) electrons. The van der Waals surface area contributed by atoms with Crippen LogP contribution in [0.25, 0.3) is 11.1 Å². The van der Waals surface area contributed by atoms with Gasteiger partial charge in [-0.1, -0.05) is 13.0 Å². The molecule has 116 valence electrons. The summed E-state index contributed by atoms with van der Waals surface area (Å²) in [6.07, 6.45) is 3.12. The van der Waals surface area contributed by atoms with Crippen LogP contribution in [0.2, 0.25) is 0 Å². The first-order chi connectivity index (χ1) is 11.2. The molecule has 1 aromatic heterocycles. The van der Waals surface area contributed by atoms with Crippen molar-refractivity contribution in [2.75, 3.05) is 12.5 Å². The Morgan fingerprint density at radius 3 is 2.96 bits per heavy atom. The first kappa shape index (κ1) is 13.9. The van der Waals surface area contributed by atoms with E-state index < -0.39 is 0 Å². The van der Waals surface area contributed by atoms with E-state index in [9.17, 15) is 5.26 Å². The Balaban J connectivity index is 1.98. The molecule has 2 heterocycles. The molecule has 23 heavy (non-hydrogen) atoms. The summed E-state index contributed by atoms with van der Waals surface area (Å²) in [4.78, 5) is 4.52. The molecule has 0 bridgehead atoms. The van der Waals surface area contributed by atoms with Crippen molar-refractivity contribution < 1.29 is 9.47 Å². The van der Waals surface area contributed by atoms with Crippen molar-refractivity contribution in [2.24, 2.45) is 0 Å². The second-order valence-electron chi connectivity index (χ2n) is 6.08. The van der Waals surface area contributed by atoms with E-state index in [0.29, 0.717) is 23.0 Å². The van der Waals surface area contributed by atoms with E-state index in [1.807, 2.05) is 18.2 Å². The number of nitrogens with two attached hydrogens (primary N) is 1. The molecule has 1 atom stereocenters. The van der Waals surface area contributed by atoms with Gasteiger partial charge in [0.1, 0.15) is 17.5 Å². The maximum absolute atomic E-state index is 9.60. The largest absolute Gasteiger partial charge is 0.454 e. The maximum atomic E-state index is 9.60. The van der Waals surface area contributed by atoms with Gasteiger partial charge in [0.2, 0.25) is 6.79 Å². The monoisotopic (exact) mass is 307 g/mol. The van der Waals surface area contributed by atoms with Crippen molar-refractivity contribution in [1.82, 2.24) is 4.98 Å². The van der Waals surface area contributed by atoms with Gasteiger partial charge in [0.05, 0.1) is 0 Å². The number of hydrogen-bond donors (Lipinski definition) is 1. The number of aromatic nitrogens is 1. The molecule has 0 fully saturated rings. The highest BCUT2D eigenvalue weighted by Gasteiger charge is 2.26. The molecule has 2 aromatic rings. The number of benzene rings is 1. The topological polar surface area (TPSA) is 81.2 Å². The minimum Gasteiger partial charge on any atom is -0.454 e. The van der Waals surface area contributed by atoms with E-state index in [1.165, 1.54) is 0 Å². The summed E-state index contributed by atoms with van der Waals surface area (Å²) in [6, 6.07) is 8.01. The molecule has 0 unspecified atom stereocenters. The Labute approximate surface area is 134 Å². The fraction of sp³-hybridized carbons (Fsp3) is 0.333. The van der Waals surface area contributed by atoms with E-state index in [2.05, 4.69) is 18.0 Å². The third-order valence-electron chi connectivity index (χ3n) is 4.66. The zero-order valence-corrected chi connectivity index (χ0v) is 12.9. The number of rotatable bonds is 1. The number of pyridine rings is 1. The average Bonchev–Trinajstić information content (AvgIpc) is 3.02. The minimum absolute atomic E-state index is 0.234. The number of nitrogen functional groups attached to an aromatic ring is 1. The normalized spacial score (nSPS) is 18.3. The lowest BCUT2D eigenvalue weighted by molar-refractivity contribution is 0.174. The second-order valence-corrected chi connectivity index (χ2v) is 6.08. The van der Waals surface area contributed by atoms with Crippen molar-refractivity contribution in [3.63, 3.8) is 0 Å². The Kier molecular flexibility index (Phi) is 3.12. The number of nitrogens with zero attached hydrogens (tertiary/aromatic N) is 2. The van der Waals surface area contributed by atoms with Gasteiger partial charge in [-0.05, 0) is 48.4 Å². The average molecular weight is 307 g/mol. The van der Waals surface area contributed by atoms with E-state index >= 15 is 0 Å². The molecule has 1 aliphatic carbocycles. The number of nitriles is 1. The Morgan fingerprint density at radius 2 is 2.13 bits per heavy atom. The number of anilines is 1. The molecular formula is C18H17N3O2. The van der Waals surface area contributed by atoms with Gasteiger partial charge in [-0.15, -0.1) is 0 Å². The van der Waals surface area contributed by atoms with Crippen molar-refractivity contribution >= 4 is 5.82 Å². The summed E-state index contributed by atoms with van der Waals surface area (Å²) in [7, 11) is 0. The van der Waals surface area contributed by atoms with Crippen LogP contribution in [0.5, 0.6) is 11.5 Å². The van der Waals surface area contributed by atoms with Crippen molar-refractivity contribution in [3.8, 4) is 28.7 Å². The Bertz CT molecular complexity index is 839. The lowest BCUT2D eigenvalue weighted by Gasteiger charge is -2.25. The maximum Gasteiger partial charge on any atom is 0.231 e. The summed E-state index contributed by atoms with van der Waals surface area (Å²) in [5.41, 5.74) is 10.5. The fourth-order valence-corrected chi connectivity index (χ4v) is 3.53. The van der Waals surface area contributed by atoms with Gasteiger partial charge in [0.15, 0.2) is 11.5 Å². The van der Waals surface area contributed by atoms with Crippen LogP contribution in [0.4, 0.5) is 5.82 Å². The quantitative estimate of drug-likeness (QED) is 0.873. The highest BCUT2D eigenvalue weighted by atomic mass is 16.7. The predicted octanol–water partition coefficient (Wildman–Crippen LogP) is 3.37. The van der Waals surface area contributed by atoms with Crippen molar-refractivity contribution in [1.29, 1.82) is 5.26 Å². The first-order valence-corrected chi connectivity index (χ1v) is 7.81. The zero-order valence-electron chi connectivity index (χ0n) is 12.9. The molecule has 5 heteroatoms. The predicted molar refractivity (Wildman–Crippen MR) is 86.3 cm³/mol. The highest BCUT2D eigenvalue weighted by Crippen LogP contribution is 2.42. The van der Waals surface area contributed by atoms with Crippen LogP contribution in [0.3, 0.4) is 0 Å². The summed E-state index contributed by atoms with van der Waals surface area (Å²) < 4.78 is 10.9. The van der Waals surface area contributed by atoms with E-state index in [4.69, 9.17) is 15.2 Å². The third kappa shape index (κ3) is 2.10. The second kappa shape index (κ2) is 5.17. The van der Waals surface area contributed by atoms with Crippen molar-refractivity contribution in [2.45, 2.75) is 32.1 Å². The fourth-order valence-electron chi connectivity index (χ4n) is 3.53. The zero-order chi connectivity index (χ0) is 16.0. The molecular weight excluding hydrogens is 290 g/mol. The molecule has 0 spiro atoms. The molecule has 1 aliphatic heterocycles. The first-order valence-electron chi connectivity index (χ1n) is 7.81. The molecule has 4 rings (SSSR count). The van der Waals surface area contributed by atoms with Gasteiger partial charge >= 0.3 is 0 Å². The SMILES string of the molecule is C[C@@H]1CCCc2c1nc(N)c(C#N)c2-c1ccc2c(c1)OCO2. The molecule has 1 aromatic carbocycles. The Morgan fingerprint density at radius 1 is 1.30 bits per heavy atom. The number of fused-ring (bicyclic) bond motifs is 2. The number of hydrogen-bond acceptors (Lipinski definition) is 5. The van der Waals surface area contributed by atoms with Gasteiger partial charge in [-0.3, -0.25) is 0 Å². The number of ether oxygens (including phenoxy) is 2. The standard InChI is InChI=1S/C18H17N3O2/c1-10-3-2-4-12-16(13(8-19)18(20)21-17(10)12)11-5-6-14-15(7-11)23-9-22-14/h5-7,10H,2-4,9H2,1H3,(H2,20,21)/t10-/m1/s1. The minimum atomic E-state index is 0.234. The van der Waals surface area contributed by atoms with Crippen LogP contribution in [0.1, 0.15) is 42.5 Å². The van der Waals surface area contributed by atoms with Crippen LogP contribution in [-0.2, 0) is 6.42 Å². The molecule has 5 nitrogen and oxygen atoms in total. The summed E-state index contributed by atoms with van der Waals surface area (Å²) in [5, 5.41) is 9.60. The third-order valence-corrected chi connectivity index (χ3v) is 4.66. The van der Waals surface area contributed by atoms with Crippen LogP contribution >= 0.6 is 0 Å². The lowest BCUT2D eigenvalue weighted by atomic mass is 9.82. The van der Waals surface area contributed by atoms with Gasteiger partial charge in [-0.2, -0.15) is 5.26 Å². The Hall–Kier alpha value is -2.74. The van der Waals surface area contributed by atoms with E-state index in [1.54, 1.807) is 0 Å². The summed E-state index contributed by atoms with van der Waals surface area (Å²) in [5.74, 6) is 2.12. The van der Waals surface area contributed by atoms with Crippen LogP contribution in [0, 0.1) is 11.3 Å². The summed E-state index contributed by atoms with van der Waals surface area (Å²) in [6.45, 7) is 2.40. The summed E-state index contributed by atoms with van der Waals surface area (Å²) >= 11 is 0. The van der Waals surface area contributed by atoms with Crippen molar-refractivity contribution in [3.05, 3.63) is 35.0 Å². The lowest BCUT2D eigenvalue weighted by Crippen LogP contribution is -2.14. The highest BCUT2D eigenvalue weighted by molar-refractivity contribution is 5.81. The van der Waals surface area contributed by atoms with E-state index in [-0.39, 0.29) is 6.79 Å². The van der Waals surface area contributed by atoms with E-state index in [0.717, 1.165) is 47.4 Å². The molecule has 0 saturated carbocycles. The van der Waals surface area contributed by atoms with Crippen LogP contribution in [-0.4, -0.2) is 11.8 Å². The van der Waals surface area contributed by atoms with Gasteiger partial charge in [0.25, 0.3) is 0 Å². The van der Waals surface area contributed by atoms with Crippen LogP contribution in [0.15, 0.2) is 18.2 Å². The molecule has 2 aliphatic rings.